The molecule has 0 bridgehead atoms. The Morgan fingerprint density at radius 1 is 1.10 bits per heavy atom. The Bertz CT molecular complexity index is 1270. The molecule has 2 aromatic carbocycles. The van der Waals surface area contributed by atoms with Gasteiger partial charge in [-0.05, 0) is 61.0 Å². The minimum Gasteiger partial charge on any atom is -0.325 e. The van der Waals surface area contributed by atoms with Crippen molar-refractivity contribution in [2.24, 2.45) is 0 Å². The molecule has 10 heteroatoms. The Labute approximate surface area is 178 Å². The summed E-state index contributed by atoms with van der Waals surface area (Å²) in [5.74, 6) is -1.37. The van der Waals surface area contributed by atoms with Crippen LogP contribution in [0.3, 0.4) is 0 Å². The molecule has 0 spiro atoms. The van der Waals surface area contributed by atoms with Crippen LogP contribution in [-0.2, 0) is 14.8 Å². The van der Waals surface area contributed by atoms with Gasteiger partial charge in [0.25, 0.3) is 0 Å². The highest BCUT2D eigenvalue weighted by molar-refractivity contribution is 7.89. The first-order valence-corrected chi connectivity index (χ1v) is 10.7. The number of aryl methyl sites for hydroxylation is 1. The van der Waals surface area contributed by atoms with Crippen LogP contribution in [0.1, 0.15) is 5.56 Å². The van der Waals surface area contributed by atoms with Crippen LogP contribution in [0.25, 0.3) is 0 Å². The van der Waals surface area contributed by atoms with E-state index in [2.05, 4.69) is 10.3 Å². The zero-order valence-electron chi connectivity index (χ0n) is 16.4. The van der Waals surface area contributed by atoms with Gasteiger partial charge in [-0.3, -0.25) is 4.79 Å². The van der Waals surface area contributed by atoms with Gasteiger partial charge in [0.05, 0.1) is 13.2 Å². The first-order chi connectivity index (χ1) is 14.8. The molecule has 0 unspecified atom stereocenters. The predicted octanol–water partition coefficient (Wildman–Crippen LogP) is 3.41. The van der Waals surface area contributed by atoms with Gasteiger partial charge in [0.15, 0.2) is 5.82 Å². The number of nitrogens with zero attached hydrogens (tertiary/aromatic N) is 3. The first kappa shape index (κ1) is 20.9. The number of sulfonamides is 1. The monoisotopic (exact) mass is 444 g/mol. The number of fused-ring (bicyclic) bond motifs is 1. The van der Waals surface area contributed by atoms with Crippen molar-refractivity contribution in [2.75, 3.05) is 23.4 Å². The summed E-state index contributed by atoms with van der Waals surface area (Å²) >= 11 is 0. The smallest absolute Gasteiger partial charge is 0.248 e. The van der Waals surface area contributed by atoms with E-state index in [0.717, 1.165) is 4.31 Å². The lowest BCUT2D eigenvalue weighted by Gasteiger charge is -2.36. The maximum absolute atomic E-state index is 13.8. The summed E-state index contributed by atoms with van der Waals surface area (Å²) in [5, 5.41) is 2.60. The molecular weight excluding hydrogens is 426 g/mol. The van der Waals surface area contributed by atoms with Crippen LogP contribution in [-0.4, -0.2) is 36.8 Å². The molecule has 160 valence electrons. The van der Waals surface area contributed by atoms with Crippen molar-refractivity contribution in [1.29, 1.82) is 0 Å². The number of aromatic nitrogens is 1. The summed E-state index contributed by atoms with van der Waals surface area (Å²) in [7, 11) is -4.02. The van der Waals surface area contributed by atoms with Gasteiger partial charge < -0.3 is 10.2 Å². The molecule has 31 heavy (non-hydrogen) atoms. The fourth-order valence-corrected chi connectivity index (χ4v) is 4.80. The number of nitrogens with one attached hydrogen (secondary N) is 1. The van der Waals surface area contributed by atoms with E-state index in [-0.39, 0.29) is 17.4 Å². The van der Waals surface area contributed by atoms with E-state index in [1.165, 1.54) is 59.6 Å². The molecule has 1 aromatic heterocycles. The lowest BCUT2D eigenvalue weighted by molar-refractivity contribution is -0.116. The molecule has 0 atom stereocenters. The second-order valence-electron chi connectivity index (χ2n) is 7.00. The lowest BCUT2D eigenvalue weighted by atomic mass is 10.2. The van der Waals surface area contributed by atoms with Crippen molar-refractivity contribution in [3.63, 3.8) is 0 Å². The van der Waals surface area contributed by atoms with Gasteiger partial charge in [-0.2, -0.15) is 4.31 Å². The van der Waals surface area contributed by atoms with Crippen molar-refractivity contribution in [2.45, 2.75) is 11.8 Å². The van der Waals surface area contributed by atoms with Gasteiger partial charge in [0.2, 0.25) is 15.9 Å². The van der Waals surface area contributed by atoms with E-state index in [4.69, 9.17) is 0 Å². The molecule has 2 heterocycles. The average molecular weight is 444 g/mol. The van der Waals surface area contributed by atoms with Gasteiger partial charge in [0, 0.05) is 17.6 Å². The van der Waals surface area contributed by atoms with Crippen LogP contribution >= 0.6 is 0 Å². The highest BCUT2D eigenvalue weighted by atomic mass is 32.2. The van der Waals surface area contributed by atoms with E-state index in [0.29, 0.717) is 16.9 Å². The molecule has 1 N–H and O–H groups in total. The Morgan fingerprint density at radius 3 is 2.61 bits per heavy atom. The molecule has 3 aromatic rings. The van der Waals surface area contributed by atoms with E-state index in [1.807, 2.05) is 0 Å². The summed E-state index contributed by atoms with van der Waals surface area (Å²) < 4.78 is 54.3. The molecular formula is C21H18F2N4O3S. The number of hydrogen-bond donors (Lipinski definition) is 1. The van der Waals surface area contributed by atoms with Gasteiger partial charge in [-0.1, -0.05) is 6.07 Å². The van der Waals surface area contributed by atoms with Crippen LogP contribution in [0.4, 0.5) is 26.0 Å². The van der Waals surface area contributed by atoms with Gasteiger partial charge in [-0.15, -0.1) is 0 Å². The van der Waals surface area contributed by atoms with Crippen molar-refractivity contribution in [3.8, 4) is 0 Å². The lowest BCUT2D eigenvalue weighted by Crippen LogP contribution is -2.47. The average Bonchev–Trinajstić information content (AvgIpc) is 2.72. The molecule has 0 saturated heterocycles. The highest BCUT2D eigenvalue weighted by Gasteiger charge is 2.38. The van der Waals surface area contributed by atoms with Crippen molar-refractivity contribution in [1.82, 2.24) is 9.29 Å². The van der Waals surface area contributed by atoms with E-state index in [1.54, 1.807) is 13.0 Å². The molecule has 1 amide bonds. The second kappa shape index (κ2) is 8.05. The fraction of sp³-hybridized carbons (Fsp3) is 0.143. The summed E-state index contributed by atoms with van der Waals surface area (Å²) in [5.41, 5.74) is 1.28. The number of halogens is 2. The van der Waals surface area contributed by atoms with Gasteiger partial charge >= 0.3 is 0 Å². The standard InChI is InChI=1S/C21H18F2N4O3S/c1-14-10-16(23)7-8-18(14)25-20(28)12-26-13-27(17-5-2-4-15(22)11-17)21-19(31(26,29)30)6-3-9-24-21/h2-11H,12-13H2,1H3,(H,25,28). The van der Waals surface area contributed by atoms with E-state index >= 15 is 0 Å². The molecule has 4 rings (SSSR count). The van der Waals surface area contributed by atoms with Crippen LogP contribution in [0.5, 0.6) is 0 Å². The van der Waals surface area contributed by atoms with Gasteiger partial charge in [-0.25, -0.2) is 22.2 Å². The van der Waals surface area contributed by atoms with Crippen LogP contribution in [0, 0.1) is 18.6 Å². The Hall–Kier alpha value is -3.37. The first-order valence-electron chi connectivity index (χ1n) is 9.30. The molecule has 1 aliphatic heterocycles. The third-order valence-corrected chi connectivity index (χ3v) is 6.62. The molecule has 0 saturated carbocycles. The zero-order valence-corrected chi connectivity index (χ0v) is 17.2. The summed E-state index contributed by atoms with van der Waals surface area (Å²) in [6.07, 6.45) is 1.44. The van der Waals surface area contributed by atoms with Crippen molar-refractivity contribution < 1.29 is 22.0 Å². The summed E-state index contributed by atoms with van der Waals surface area (Å²) in [6, 6.07) is 12.4. The summed E-state index contributed by atoms with van der Waals surface area (Å²) in [4.78, 5) is 18.2. The highest BCUT2D eigenvalue weighted by Crippen LogP contribution is 2.36. The Morgan fingerprint density at radius 2 is 1.87 bits per heavy atom. The van der Waals surface area contributed by atoms with Crippen LogP contribution < -0.4 is 10.2 Å². The molecule has 1 aliphatic rings. The van der Waals surface area contributed by atoms with Crippen molar-refractivity contribution in [3.05, 3.63) is 78.0 Å². The maximum Gasteiger partial charge on any atom is 0.248 e. The normalized spacial score (nSPS) is 15.4. The molecule has 0 aliphatic carbocycles. The SMILES string of the molecule is Cc1cc(F)ccc1NC(=O)CN1CN(c2cccc(F)c2)c2ncccc2S1(=O)=O. The van der Waals surface area contributed by atoms with E-state index < -0.39 is 34.1 Å². The Kier molecular flexibility index (Phi) is 5.42. The number of pyridine rings is 1. The third kappa shape index (κ3) is 4.12. The molecule has 7 nitrogen and oxygen atoms in total. The third-order valence-electron chi connectivity index (χ3n) is 4.83. The minimum absolute atomic E-state index is 0.0868. The zero-order chi connectivity index (χ0) is 22.2. The Balaban J connectivity index is 1.65. The second-order valence-corrected chi connectivity index (χ2v) is 8.90. The number of anilines is 3. The maximum atomic E-state index is 13.8. The topological polar surface area (TPSA) is 82.6 Å². The van der Waals surface area contributed by atoms with Gasteiger partial charge in [0.1, 0.15) is 16.5 Å². The fourth-order valence-electron chi connectivity index (χ4n) is 3.33. The number of amides is 1. The number of carbonyl (C=O) groups excluding carboxylic acids is 1. The van der Waals surface area contributed by atoms with Crippen molar-refractivity contribution >= 4 is 33.1 Å². The number of hydrogen-bond acceptors (Lipinski definition) is 5. The van der Waals surface area contributed by atoms with E-state index in [9.17, 15) is 22.0 Å². The molecule has 0 fully saturated rings. The predicted molar refractivity (Wildman–Crippen MR) is 111 cm³/mol. The molecule has 0 radical (unpaired) electrons. The van der Waals surface area contributed by atoms with Crippen LogP contribution in [0.2, 0.25) is 0 Å². The quantitative estimate of drug-likeness (QED) is 0.667. The summed E-state index contributed by atoms with van der Waals surface area (Å²) in [6.45, 7) is 0.912. The number of benzene rings is 2. The largest absolute Gasteiger partial charge is 0.325 e. The number of carbonyl (C=O) groups is 1. The van der Waals surface area contributed by atoms with Crippen LogP contribution in [0.15, 0.2) is 65.7 Å². The minimum atomic E-state index is -4.02. The number of rotatable bonds is 4.